The molecular weight excluding hydrogens is 478 g/mol. The predicted molar refractivity (Wildman–Crippen MR) is 85.4 cm³/mol. The third-order valence-corrected chi connectivity index (χ3v) is 6.49. The fourth-order valence-electron chi connectivity index (χ4n) is 2.01. The second-order valence-corrected chi connectivity index (χ2v) is 8.67. The molecule has 30 heavy (non-hydrogen) atoms. The Morgan fingerprint density at radius 3 is 0.967 bits per heavy atom. The van der Waals surface area contributed by atoms with E-state index in [-0.39, 0.29) is 0 Å². The summed E-state index contributed by atoms with van der Waals surface area (Å²) in [6.45, 7) is 0. The first-order chi connectivity index (χ1) is 13.6. The summed E-state index contributed by atoms with van der Waals surface area (Å²) in [4.78, 5) is -2.50. The topological polar surface area (TPSA) is 46.1 Å². The Morgan fingerprint density at radius 2 is 0.733 bits per heavy atom. The lowest BCUT2D eigenvalue weighted by Gasteiger charge is -2.35. The summed E-state index contributed by atoms with van der Waals surface area (Å²) in [5.74, 6) is -16.1. The second-order valence-electron chi connectivity index (χ2n) is 5.63. The molecule has 0 spiro atoms. The predicted octanol–water partition coefficient (Wildman–Crippen LogP) is 5.34. The maximum absolute atomic E-state index is 14.0. The van der Waals surface area contributed by atoms with Crippen LogP contribution in [0, 0.1) is 11.6 Å². The van der Waals surface area contributed by atoms with Crippen molar-refractivity contribution in [3.63, 3.8) is 0 Å². The highest BCUT2D eigenvalue weighted by Crippen LogP contribution is 2.57. The highest BCUT2D eigenvalue weighted by Gasteiger charge is 2.89. The van der Waals surface area contributed by atoms with Crippen LogP contribution in [-0.2, 0) is 22.4 Å². The fourth-order valence-corrected chi connectivity index (χ4v) is 4.09. The Hall–Kier alpha value is -1.64. The largest absolute Gasteiger partial charge is 0.607 e. The first kappa shape index (κ1) is 24.6. The van der Waals surface area contributed by atoms with Crippen LogP contribution < -0.4 is 0 Å². The van der Waals surface area contributed by atoms with Gasteiger partial charge in [0.1, 0.15) is 11.6 Å². The quantitative estimate of drug-likeness (QED) is 0.392. The summed E-state index contributed by atoms with van der Waals surface area (Å²) in [6.07, 6.45) is 0. The van der Waals surface area contributed by atoms with Crippen LogP contribution in [-0.4, -0.2) is 31.5 Å². The van der Waals surface area contributed by atoms with Gasteiger partial charge in [-0.3, -0.25) is 0 Å². The van der Waals surface area contributed by atoms with Gasteiger partial charge in [0.15, 0.2) is 9.79 Å². The van der Waals surface area contributed by atoms with E-state index in [1.165, 1.54) is 0 Å². The first-order valence-electron chi connectivity index (χ1n) is 7.43. The van der Waals surface area contributed by atoms with E-state index in [2.05, 4.69) is 0 Å². The molecule has 0 heterocycles. The molecule has 2 aromatic rings. The van der Waals surface area contributed by atoms with E-state index in [0.717, 1.165) is 0 Å². The van der Waals surface area contributed by atoms with Gasteiger partial charge in [-0.05, 0) is 48.5 Å². The normalized spacial score (nSPS) is 15.7. The van der Waals surface area contributed by atoms with Gasteiger partial charge in [-0.1, -0.05) is 0 Å². The van der Waals surface area contributed by atoms with E-state index in [1.807, 2.05) is 0 Å². The molecule has 0 aliphatic carbocycles. The number of rotatable bonds is 7. The van der Waals surface area contributed by atoms with Gasteiger partial charge in [0.25, 0.3) is 0 Å². The number of hydrogen-bond acceptors (Lipinski definition) is 2. The monoisotopic (exact) mass is 486 g/mol. The molecule has 0 aromatic heterocycles. The zero-order valence-corrected chi connectivity index (χ0v) is 15.7. The fraction of sp³-hybridized carbons (Fsp3) is 0.250. The van der Waals surface area contributed by atoms with Gasteiger partial charge in [-0.25, -0.2) is 8.78 Å². The van der Waals surface area contributed by atoms with Crippen molar-refractivity contribution in [1.29, 1.82) is 0 Å². The molecular formula is C16H8F10O2S2. The Morgan fingerprint density at radius 1 is 0.500 bits per heavy atom. The van der Waals surface area contributed by atoms with E-state index >= 15 is 0 Å². The summed E-state index contributed by atoms with van der Waals surface area (Å²) in [5, 5.41) is -12.6. The minimum Gasteiger partial charge on any atom is -0.607 e. The number of benzene rings is 2. The van der Waals surface area contributed by atoms with Gasteiger partial charge < -0.3 is 9.11 Å². The highest BCUT2D eigenvalue weighted by atomic mass is 32.2. The van der Waals surface area contributed by atoms with Crippen molar-refractivity contribution in [2.75, 3.05) is 0 Å². The van der Waals surface area contributed by atoms with Crippen LogP contribution in [0.4, 0.5) is 43.9 Å². The molecule has 166 valence electrons. The first-order valence-corrected chi connectivity index (χ1v) is 9.73. The van der Waals surface area contributed by atoms with E-state index in [4.69, 9.17) is 0 Å². The summed E-state index contributed by atoms with van der Waals surface area (Å²) >= 11 is -8.65. The molecule has 0 fully saturated rings. The van der Waals surface area contributed by atoms with Crippen LogP contribution in [0.5, 0.6) is 0 Å². The minimum absolute atomic E-state index is 0.308. The van der Waals surface area contributed by atoms with Gasteiger partial charge in [0.2, 0.25) is 0 Å². The van der Waals surface area contributed by atoms with Gasteiger partial charge >= 0.3 is 22.4 Å². The van der Waals surface area contributed by atoms with Crippen LogP contribution in [0.15, 0.2) is 58.3 Å². The zero-order chi connectivity index (χ0) is 23.1. The summed E-state index contributed by atoms with van der Waals surface area (Å²) in [6, 6.07) is 2.83. The summed E-state index contributed by atoms with van der Waals surface area (Å²) in [7, 11) is 0. The SMILES string of the molecule is [O-][S+](c1ccc(F)cc1)C(F)(F)C(F)(F)C(F)(F)C(F)(F)[S+]([O-])c1ccc(F)cc1. The molecule has 14 heteroatoms. The van der Waals surface area contributed by atoms with Crippen molar-refractivity contribution in [3.8, 4) is 0 Å². The lowest BCUT2D eigenvalue weighted by atomic mass is 10.2. The molecule has 0 amide bonds. The standard InChI is InChI=1S/C16H8F10O2S2/c17-9-1-5-11(6-2-9)29(27)15(23,24)13(19,20)14(21,22)16(25,26)30(28)12-7-3-10(18)4-8-12/h1-8H. The molecule has 0 bridgehead atoms. The molecule has 2 unspecified atom stereocenters. The van der Waals surface area contributed by atoms with Gasteiger partial charge in [-0.2, -0.15) is 17.6 Å². The molecule has 0 saturated carbocycles. The summed E-state index contributed by atoms with van der Waals surface area (Å²) in [5.41, 5.74) is 0. The second kappa shape index (κ2) is 8.13. The highest BCUT2D eigenvalue weighted by molar-refractivity contribution is 7.93. The van der Waals surface area contributed by atoms with Crippen LogP contribution in [0.2, 0.25) is 0 Å². The Balaban J connectivity index is 2.45. The molecule has 0 saturated heterocycles. The lowest BCUT2D eigenvalue weighted by molar-refractivity contribution is -0.325. The zero-order valence-electron chi connectivity index (χ0n) is 14.0. The number of alkyl halides is 8. The van der Waals surface area contributed by atoms with E-state index < -0.39 is 66.1 Å². The van der Waals surface area contributed by atoms with Crippen molar-refractivity contribution in [2.24, 2.45) is 0 Å². The lowest BCUT2D eigenvalue weighted by Crippen LogP contribution is -2.66. The van der Waals surface area contributed by atoms with Gasteiger partial charge in [0, 0.05) is 0 Å². The van der Waals surface area contributed by atoms with Gasteiger partial charge in [0.05, 0.1) is 22.4 Å². The molecule has 0 aliphatic heterocycles. The van der Waals surface area contributed by atoms with Crippen LogP contribution in [0.3, 0.4) is 0 Å². The average Bonchev–Trinajstić information content (AvgIpc) is 2.67. The Kier molecular flexibility index (Phi) is 6.67. The number of halogens is 10. The van der Waals surface area contributed by atoms with Crippen molar-refractivity contribution < 1.29 is 53.0 Å². The van der Waals surface area contributed by atoms with Crippen LogP contribution in [0.25, 0.3) is 0 Å². The van der Waals surface area contributed by atoms with E-state index in [0.29, 0.717) is 48.5 Å². The van der Waals surface area contributed by atoms with Crippen molar-refractivity contribution >= 4 is 22.4 Å². The maximum atomic E-state index is 14.0. The third-order valence-electron chi connectivity index (χ3n) is 3.65. The molecule has 0 N–H and O–H groups in total. The maximum Gasteiger partial charge on any atom is 0.483 e. The smallest absolute Gasteiger partial charge is 0.483 e. The van der Waals surface area contributed by atoms with Crippen molar-refractivity contribution in [2.45, 2.75) is 32.1 Å². The van der Waals surface area contributed by atoms with E-state index in [9.17, 15) is 53.0 Å². The molecule has 2 nitrogen and oxygen atoms in total. The summed E-state index contributed by atoms with van der Waals surface area (Å²) < 4.78 is 161. The Labute approximate surface area is 168 Å². The molecule has 2 aromatic carbocycles. The van der Waals surface area contributed by atoms with Crippen LogP contribution >= 0.6 is 0 Å². The molecule has 0 radical (unpaired) electrons. The minimum atomic E-state index is -6.97. The van der Waals surface area contributed by atoms with Crippen molar-refractivity contribution in [3.05, 3.63) is 60.2 Å². The molecule has 2 atom stereocenters. The van der Waals surface area contributed by atoms with E-state index in [1.54, 1.807) is 0 Å². The molecule has 2 rings (SSSR count). The van der Waals surface area contributed by atoms with Crippen molar-refractivity contribution in [1.82, 2.24) is 0 Å². The Bertz CT molecular complexity index is 801. The third kappa shape index (κ3) is 3.97. The molecule has 0 aliphatic rings. The number of hydrogen-bond donors (Lipinski definition) is 0. The van der Waals surface area contributed by atoms with Gasteiger partial charge in [-0.15, -0.1) is 17.6 Å². The van der Waals surface area contributed by atoms with Crippen LogP contribution in [0.1, 0.15) is 0 Å². The average molecular weight is 486 g/mol.